The first-order chi connectivity index (χ1) is 24.3. The van der Waals surface area contributed by atoms with E-state index in [9.17, 15) is 0 Å². The van der Waals surface area contributed by atoms with E-state index in [-0.39, 0.29) is 0 Å². The number of furan rings is 1. The Balaban J connectivity index is 1.18. The molecule has 0 saturated carbocycles. The van der Waals surface area contributed by atoms with Gasteiger partial charge in [-0.3, -0.25) is 0 Å². The Bertz CT molecular complexity index is 2710. The lowest BCUT2D eigenvalue weighted by atomic mass is 10.0. The molecule has 230 valence electrons. The maximum atomic E-state index is 6.85. The first-order valence-electron chi connectivity index (χ1n) is 16.6. The maximum Gasteiger partial charge on any atom is 0.159 e. The molecule has 0 unspecified atom stereocenters. The minimum absolute atomic E-state index is 0.881. The zero-order valence-corrected chi connectivity index (χ0v) is 27.3. The molecule has 10 rings (SSSR count). The van der Waals surface area contributed by atoms with Gasteiger partial charge in [-0.15, -0.1) is 11.3 Å². The molecule has 0 amide bonds. The Morgan fingerprint density at radius 3 is 1.67 bits per heavy atom. The molecule has 0 bridgehead atoms. The molecular weight excluding hydrogens is 615 g/mol. The fourth-order valence-electron chi connectivity index (χ4n) is 7.34. The van der Waals surface area contributed by atoms with Crippen LogP contribution < -0.4 is 4.90 Å². The number of hydrogen-bond donors (Lipinski definition) is 0. The van der Waals surface area contributed by atoms with E-state index < -0.39 is 0 Å². The van der Waals surface area contributed by atoms with Gasteiger partial charge in [0.25, 0.3) is 0 Å². The summed E-state index contributed by atoms with van der Waals surface area (Å²) in [4.78, 5) is 2.32. The van der Waals surface area contributed by atoms with Gasteiger partial charge in [0.15, 0.2) is 5.58 Å². The van der Waals surface area contributed by atoms with Crippen molar-refractivity contribution in [2.24, 2.45) is 0 Å². The molecule has 0 atom stereocenters. The van der Waals surface area contributed by atoms with Crippen LogP contribution in [0.1, 0.15) is 0 Å². The van der Waals surface area contributed by atoms with Crippen molar-refractivity contribution in [3.05, 3.63) is 176 Å². The number of anilines is 3. The quantitative estimate of drug-likeness (QED) is 0.186. The Kier molecular flexibility index (Phi) is 6.39. The summed E-state index contributed by atoms with van der Waals surface area (Å²) >= 11 is 1.86. The van der Waals surface area contributed by atoms with Crippen LogP contribution in [0.2, 0.25) is 0 Å². The highest BCUT2D eigenvalue weighted by Gasteiger charge is 2.22. The fraction of sp³-hybridized carbons (Fsp3) is 0. The largest absolute Gasteiger partial charge is 0.454 e. The van der Waals surface area contributed by atoms with E-state index in [0.29, 0.717) is 0 Å². The number of rotatable bonds is 5. The van der Waals surface area contributed by atoms with E-state index in [2.05, 4.69) is 181 Å². The highest BCUT2D eigenvalue weighted by molar-refractivity contribution is 7.27. The van der Waals surface area contributed by atoms with Gasteiger partial charge in [0.05, 0.1) is 5.69 Å². The van der Waals surface area contributed by atoms with E-state index in [4.69, 9.17) is 4.42 Å². The molecule has 0 fully saturated rings. The summed E-state index contributed by atoms with van der Waals surface area (Å²) in [6, 6.07) is 62.9. The predicted octanol–water partition coefficient (Wildman–Crippen LogP) is 13.9. The van der Waals surface area contributed by atoms with E-state index in [1.54, 1.807) is 0 Å². The maximum absolute atomic E-state index is 6.85. The molecule has 8 aromatic carbocycles. The van der Waals surface area contributed by atoms with Gasteiger partial charge in [-0.05, 0) is 81.6 Å². The zero-order chi connectivity index (χ0) is 32.3. The molecule has 0 radical (unpaired) electrons. The number of hydrogen-bond acceptors (Lipinski definition) is 3. The van der Waals surface area contributed by atoms with E-state index >= 15 is 0 Å². The van der Waals surface area contributed by atoms with Gasteiger partial charge in [-0.2, -0.15) is 0 Å². The second-order valence-electron chi connectivity index (χ2n) is 12.5. The second-order valence-corrected chi connectivity index (χ2v) is 13.5. The second kappa shape index (κ2) is 11.2. The van der Waals surface area contributed by atoms with Crippen molar-refractivity contribution in [3.63, 3.8) is 0 Å². The molecule has 0 N–H and O–H groups in total. The molecule has 0 aliphatic carbocycles. The Morgan fingerprint density at radius 1 is 0.408 bits per heavy atom. The summed E-state index contributed by atoms with van der Waals surface area (Å²) in [5.41, 5.74) is 9.71. The molecule has 2 nitrogen and oxygen atoms in total. The minimum atomic E-state index is 0.881. The summed E-state index contributed by atoms with van der Waals surface area (Å²) in [5, 5.41) is 7.47. The van der Waals surface area contributed by atoms with Crippen molar-refractivity contribution >= 4 is 81.3 Å². The number of nitrogens with zero attached hydrogens (tertiary/aromatic N) is 1. The van der Waals surface area contributed by atoms with Crippen LogP contribution in [0.5, 0.6) is 0 Å². The van der Waals surface area contributed by atoms with Crippen LogP contribution in [-0.4, -0.2) is 0 Å². The van der Waals surface area contributed by atoms with Crippen molar-refractivity contribution < 1.29 is 4.42 Å². The zero-order valence-electron chi connectivity index (χ0n) is 26.5. The molecule has 0 spiro atoms. The lowest BCUT2D eigenvalue weighted by Crippen LogP contribution is -2.10. The van der Waals surface area contributed by atoms with Crippen molar-refractivity contribution in [3.8, 4) is 22.3 Å². The SMILES string of the molecule is c1ccc(-c2ccc(N(c3ccc(-c4ccccc4)cc3)c3cccc4c3oc3ccc5c(sc6ccc7ccccc7c65)c34)cc2)cc1. The van der Waals surface area contributed by atoms with E-state index in [0.717, 1.165) is 33.6 Å². The number of thiophene rings is 1. The summed E-state index contributed by atoms with van der Waals surface area (Å²) in [6.45, 7) is 0. The van der Waals surface area contributed by atoms with Gasteiger partial charge in [-0.25, -0.2) is 0 Å². The summed E-state index contributed by atoms with van der Waals surface area (Å²) in [5.74, 6) is 0. The van der Waals surface area contributed by atoms with Crippen LogP contribution >= 0.6 is 11.3 Å². The monoisotopic (exact) mass is 643 g/mol. The smallest absolute Gasteiger partial charge is 0.159 e. The lowest BCUT2D eigenvalue weighted by Gasteiger charge is -2.26. The average Bonchev–Trinajstić information content (AvgIpc) is 3.75. The molecule has 10 aromatic rings. The van der Waals surface area contributed by atoms with Crippen LogP contribution in [0.3, 0.4) is 0 Å². The molecule has 2 heterocycles. The average molecular weight is 644 g/mol. The molecule has 49 heavy (non-hydrogen) atoms. The molecule has 3 heteroatoms. The number of para-hydroxylation sites is 1. The Hall–Kier alpha value is -6.16. The van der Waals surface area contributed by atoms with Crippen molar-refractivity contribution in [2.45, 2.75) is 0 Å². The van der Waals surface area contributed by atoms with E-state index in [1.165, 1.54) is 58.6 Å². The summed E-state index contributed by atoms with van der Waals surface area (Å²) in [7, 11) is 0. The number of benzene rings is 8. The normalized spacial score (nSPS) is 11.7. The van der Waals surface area contributed by atoms with Crippen LogP contribution in [0.25, 0.3) is 75.1 Å². The van der Waals surface area contributed by atoms with Crippen molar-refractivity contribution in [2.75, 3.05) is 4.90 Å². The molecule has 2 aromatic heterocycles. The van der Waals surface area contributed by atoms with Crippen LogP contribution in [0.4, 0.5) is 17.1 Å². The Labute approximate surface area is 287 Å². The van der Waals surface area contributed by atoms with Crippen LogP contribution in [-0.2, 0) is 0 Å². The number of fused-ring (bicyclic) bond motifs is 9. The van der Waals surface area contributed by atoms with Crippen LogP contribution in [0, 0.1) is 0 Å². The highest BCUT2D eigenvalue weighted by atomic mass is 32.1. The van der Waals surface area contributed by atoms with Crippen molar-refractivity contribution in [1.29, 1.82) is 0 Å². The minimum Gasteiger partial charge on any atom is -0.454 e. The van der Waals surface area contributed by atoms with Gasteiger partial charge in [0.1, 0.15) is 5.58 Å². The van der Waals surface area contributed by atoms with Crippen LogP contribution in [0.15, 0.2) is 180 Å². The van der Waals surface area contributed by atoms with Gasteiger partial charge in [0.2, 0.25) is 0 Å². The topological polar surface area (TPSA) is 16.4 Å². The standard InChI is InChI=1S/C46H29NOS/c1-3-10-30(11-4-1)32-18-23-35(24-19-32)47(36-25-20-33(21-26-36)31-12-5-2-6-13-31)40-17-9-16-38-44-41(48-45(38)40)28-27-39-43-37-15-8-7-14-34(37)22-29-42(43)49-46(39)44/h1-29H. The third-order valence-electron chi connectivity index (χ3n) is 9.67. The first-order valence-corrected chi connectivity index (χ1v) is 17.4. The van der Waals surface area contributed by atoms with Gasteiger partial charge < -0.3 is 9.32 Å². The summed E-state index contributed by atoms with van der Waals surface area (Å²) < 4.78 is 9.42. The molecular formula is C46H29NOS. The molecule has 0 aliphatic rings. The highest BCUT2D eigenvalue weighted by Crippen LogP contribution is 2.48. The van der Waals surface area contributed by atoms with Gasteiger partial charge >= 0.3 is 0 Å². The molecule has 0 saturated heterocycles. The lowest BCUT2D eigenvalue weighted by molar-refractivity contribution is 0.669. The van der Waals surface area contributed by atoms with E-state index in [1.807, 2.05) is 11.3 Å². The first kappa shape index (κ1) is 27.9. The predicted molar refractivity (Wildman–Crippen MR) is 210 cm³/mol. The fourth-order valence-corrected chi connectivity index (χ4v) is 8.61. The van der Waals surface area contributed by atoms with Gasteiger partial charge in [-0.1, -0.05) is 127 Å². The third kappa shape index (κ3) is 4.55. The molecule has 0 aliphatic heterocycles. The third-order valence-corrected chi connectivity index (χ3v) is 10.9. The summed E-state index contributed by atoms with van der Waals surface area (Å²) in [6.07, 6.45) is 0. The van der Waals surface area contributed by atoms with Crippen molar-refractivity contribution in [1.82, 2.24) is 0 Å². The van der Waals surface area contributed by atoms with Gasteiger partial charge in [0, 0.05) is 42.3 Å². The Morgan fingerprint density at radius 2 is 1.00 bits per heavy atom.